The number of para-hydroxylation sites is 2. The van der Waals surface area contributed by atoms with Crippen LogP contribution in [0.25, 0.3) is 0 Å². The molecule has 2 nitrogen and oxygen atoms in total. The normalized spacial score (nSPS) is 9.50. The molecule has 0 fully saturated rings. The minimum Gasteiger partial charge on any atom is -0.330 e. The van der Waals surface area contributed by atoms with Crippen molar-refractivity contribution >= 4 is 22.7 Å². The SMILES string of the molecule is CC#CCN(c1ccccc1)c1ccc(N(CC#CC)c2ccccc2)cc1. The predicted molar refractivity (Wildman–Crippen MR) is 120 cm³/mol. The van der Waals surface area contributed by atoms with Gasteiger partial charge in [-0.25, -0.2) is 0 Å². The molecule has 0 aromatic heterocycles. The lowest BCUT2D eigenvalue weighted by Crippen LogP contribution is -2.19. The van der Waals surface area contributed by atoms with E-state index < -0.39 is 0 Å². The van der Waals surface area contributed by atoms with Crippen LogP contribution in [-0.4, -0.2) is 13.1 Å². The van der Waals surface area contributed by atoms with E-state index in [1.54, 1.807) is 0 Å². The third kappa shape index (κ3) is 4.76. The number of anilines is 4. The summed E-state index contributed by atoms with van der Waals surface area (Å²) < 4.78 is 0. The summed E-state index contributed by atoms with van der Waals surface area (Å²) in [5.41, 5.74) is 4.50. The Kier molecular flexibility index (Phi) is 6.78. The summed E-state index contributed by atoms with van der Waals surface area (Å²) in [6.45, 7) is 5.06. The molecular formula is C26H24N2. The molecule has 0 saturated carbocycles. The quantitative estimate of drug-likeness (QED) is 0.494. The average Bonchev–Trinajstić information content (AvgIpc) is 2.77. The second-order valence-electron chi connectivity index (χ2n) is 6.21. The van der Waals surface area contributed by atoms with Crippen LogP contribution in [0.15, 0.2) is 84.9 Å². The molecule has 0 heterocycles. The van der Waals surface area contributed by atoms with Gasteiger partial charge in [0.05, 0.1) is 13.1 Å². The van der Waals surface area contributed by atoms with Crippen molar-refractivity contribution in [3.63, 3.8) is 0 Å². The lowest BCUT2D eigenvalue weighted by Gasteiger charge is -2.26. The number of benzene rings is 3. The van der Waals surface area contributed by atoms with Gasteiger partial charge >= 0.3 is 0 Å². The lowest BCUT2D eigenvalue weighted by atomic mass is 10.2. The summed E-state index contributed by atoms with van der Waals surface area (Å²) in [5.74, 6) is 12.4. The molecule has 0 aliphatic carbocycles. The summed E-state index contributed by atoms with van der Waals surface area (Å²) in [4.78, 5) is 4.44. The molecule has 0 atom stereocenters. The van der Waals surface area contributed by atoms with E-state index in [1.807, 2.05) is 26.0 Å². The molecule has 2 heteroatoms. The van der Waals surface area contributed by atoms with E-state index in [4.69, 9.17) is 0 Å². The summed E-state index contributed by atoms with van der Waals surface area (Å²) in [7, 11) is 0. The van der Waals surface area contributed by atoms with Crippen LogP contribution in [0, 0.1) is 23.7 Å². The standard InChI is InChI=1S/C26H24N2/c1-3-5-21-27(23-13-9-7-10-14-23)25-17-19-26(20-18-25)28(22-6-4-2)24-15-11-8-12-16-24/h7-20H,21-22H2,1-2H3. The topological polar surface area (TPSA) is 6.48 Å². The molecular weight excluding hydrogens is 340 g/mol. The van der Waals surface area contributed by atoms with Crippen LogP contribution in [0.4, 0.5) is 22.7 Å². The third-order valence-electron chi connectivity index (χ3n) is 4.44. The molecule has 0 unspecified atom stereocenters. The number of rotatable bonds is 6. The highest BCUT2D eigenvalue weighted by Gasteiger charge is 2.11. The number of hydrogen-bond donors (Lipinski definition) is 0. The fourth-order valence-corrected chi connectivity index (χ4v) is 3.01. The maximum atomic E-state index is 3.18. The first-order valence-electron chi connectivity index (χ1n) is 9.38. The van der Waals surface area contributed by atoms with E-state index in [1.165, 1.54) is 0 Å². The molecule has 28 heavy (non-hydrogen) atoms. The van der Waals surface area contributed by atoms with Crippen molar-refractivity contribution in [2.24, 2.45) is 0 Å². The molecule has 0 aliphatic rings. The van der Waals surface area contributed by atoms with Gasteiger partial charge in [0.2, 0.25) is 0 Å². The van der Waals surface area contributed by atoms with E-state index in [0.29, 0.717) is 13.1 Å². The zero-order valence-electron chi connectivity index (χ0n) is 16.4. The van der Waals surface area contributed by atoms with Gasteiger partial charge in [-0.2, -0.15) is 0 Å². The van der Waals surface area contributed by atoms with E-state index in [0.717, 1.165) is 22.7 Å². The zero-order chi connectivity index (χ0) is 19.6. The van der Waals surface area contributed by atoms with Crippen molar-refractivity contribution in [3.8, 4) is 23.7 Å². The first kappa shape index (κ1) is 19.2. The van der Waals surface area contributed by atoms with Gasteiger partial charge in [0, 0.05) is 22.7 Å². The lowest BCUT2D eigenvalue weighted by molar-refractivity contribution is 1.10. The Hall–Kier alpha value is -3.62. The summed E-state index contributed by atoms with van der Waals surface area (Å²) >= 11 is 0. The Balaban J connectivity index is 1.92. The van der Waals surface area contributed by atoms with Crippen molar-refractivity contribution in [1.82, 2.24) is 0 Å². The fourth-order valence-electron chi connectivity index (χ4n) is 3.01. The highest BCUT2D eigenvalue weighted by molar-refractivity contribution is 5.70. The third-order valence-corrected chi connectivity index (χ3v) is 4.44. The van der Waals surface area contributed by atoms with E-state index in [2.05, 4.69) is 106 Å². The molecule has 0 spiro atoms. The fraction of sp³-hybridized carbons (Fsp3) is 0.154. The van der Waals surface area contributed by atoms with Gasteiger partial charge in [0.1, 0.15) is 0 Å². The zero-order valence-corrected chi connectivity index (χ0v) is 16.4. The molecule has 3 aromatic rings. The van der Waals surface area contributed by atoms with Crippen molar-refractivity contribution < 1.29 is 0 Å². The second-order valence-corrected chi connectivity index (χ2v) is 6.21. The van der Waals surface area contributed by atoms with Crippen molar-refractivity contribution in [1.29, 1.82) is 0 Å². The van der Waals surface area contributed by atoms with Crippen molar-refractivity contribution in [2.75, 3.05) is 22.9 Å². The summed E-state index contributed by atoms with van der Waals surface area (Å²) in [6.07, 6.45) is 0. The summed E-state index contributed by atoms with van der Waals surface area (Å²) in [5, 5.41) is 0. The minimum absolute atomic E-state index is 0.656. The molecule has 3 aromatic carbocycles. The molecule has 0 amide bonds. The monoisotopic (exact) mass is 364 g/mol. The first-order valence-corrected chi connectivity index (χ1v) is 9.38. The maximum Gasteiger partial charge on any atom is 0.0843 e. The Morgan fingerprint density at radius 2 is 0.821 bits per heavy atom. The van der Waals surface area contributed by atoms with Gasteiger partial charge in [-0.05, 0) is 62.4 Å². The van der Waals surface area contributed by atoms with Crippen LogP contribution >= 0.6 is 0 Å². The Bertz CT molecular complexity index is 900. The van der Waals surface area contributed by atoms with Gasteiger partial charge in [-0.3, -0.25) is 0 Å². The maximum absolute atomic E-state index is 3.18. The molecule has 0 aliphatic heterocycles. The second kappa shape index (κ2) is 9.91. The smallest absolute Gasteiger partial charge is 0.0843 e. The largest absolute Gasteiger partial charge is 0.330 e. The van der Waals surface area contributed by atoms with Crippen LogP contribution in [0.2, 0.25) is 0 Å². The number of nitrogens with zero attached hydrogens (tertiary/aromatic N) is 2. The van der Waals surface area contributed by atoms with E-state index in [-0.39, 0.29) is 0 Å². The van der Waals surface area contributed by atoms with Crippen LogP contribution < -0.4 is 9.80 Å². The van der Waals surface area contributed by atoms with Crippen LogP contribution in [-0.2, 0) is 0 Å². The molecule has 0 bridgehead atoms. The average molecular weight is 364 g/mol. The van der Waals surface area contributed by atoms with E-state index in [9.17, 15) is 0 Å². The molecule has 3 rings (SSSR count). The van der Waals surface area contributed by atoms with Crippen molar-refractivity contribution in [2.45, 2.75) is 13.8 Å². The molecule has 0 saturated heterocycles. The van der Waals surface area contributed by atoms with Crippen molar-refractivity contribution in [3.05, 3.63) is 84.9 Å². The number of hydrogen-bond acceptors (Lipinski definition) is 2. The van der Waals surface area contributed by atoms with Gasteiger partial charge in [-0.15, -0.1) is 11.8 Å². The van der Waals surface area contributed by atoms with Gasteiger partial charge in [-0.1, -0.05) is 48.2 Å². The Morgan fingerprint density at radius 1 is 0.500 bits per heavy atom. The van der Waals surface area contributed by atoms with Gasteiger partial charge in [0.15, 0.2) is 0 Å². The summed E-state index contributed by atoms with van der Waals surface area (Å²) in [6, 6.07) is 29.3. The van der Waals surface area contributed by atoms with Crippen LogP contribution in [0.1, 0.15) is 13.8 Å². The van der Waals surface area contributed by atoms with E-state index >= 15 is 0 Å². The minimum atomic E-state index is 0.656. The molecule has 138 valence electrons. The Labute approximate surface area is 168 Å². The Morgan fingerprint density at radius 3 is 1.14 bits per heavy atom. The molecule has 0 radical (unpaired) electrons. The van der Waals surface area contributed by atoms with Crippen LogP contribution in [0.5, 0.6) is 0 Å². The highest BCUT2D eigenvalue weighted by Crippen LogP contribution is 2.30. The first-order chi connectivity index (χ1) is 13.8. The van der Waals surface area contributed by atoms with Crippen LogP contribution in [0.3, 0.4) is 0 Å². The predicted octanol–water partition coefficient (Wildman–Crippen LogP) is 6.01. The van der Waals surface area contributed by atoms with Gasteiger partial charge < -0.3 is 9.80 Å². The highest BCUT2D eigenvalue weighted by atomic mass is 15.1. The molecule has 0 N–H and O–H groups in total. The van der Waals surface area contributed by atoms with Gasteiger partial charge in [0.25, 0.3) is 0 Å².